The Labute approximate surface area is 91.2 Å². The van der Waals surface area contributed by atoms with Crippen LogP contribution in [-0.2, 0) is 4.79 Å². The molecule has 0 heterocycles. The number of hydrogen-bond donors (Lipinski definition) is 2. The van der Waals surface area contributed by atoms with E-state index in [1.165, 1.54) is 0 Å². The highest BCUT2D eigenvalue weighted by molar-refractivity contribution is 7.98. The van der Waals surface area contributed by atoms with E-state index < -0.39 is 0 Å². The second-order valence-electron chi connectivity index (χ2n) is 4.10. The van der Waals surface area contributed by atoms with E-state index in [2.05, 4.69) is 19.2 Å². The highest BCUT2D eigenvalue weighted by Crippen LogP contribution is 2.03. The molecule has 0 aromatic heterocycles. The lowest BCUT2D eigenvalue weighted by Crippen LogP contribution is -2.45. The van der Waals surface area contributed by atoms with E-state index in [-0.39, 0.29) is 18.0 Å². The van der Waals surface area contributed by atoms with Gasteiger partial charge >= 0.3 is 0 Å². The van der Waals surface area contributed by atoms with Crippen molar-refractivity contribution < 1.29 is 4.79 Å². The molecule has 1 unspecified atom stereocenters. The summed E-state index contributed by atoms with van der Waals surface area (Å²) < 4.78 is 0. The number of amides is 1. The third-order valence-electron chi connectivity index (χ3n) is 1.87. The van der Waals surface area contributed by atoms with E-state index in [0.29, 0.717) is 5.92 Å². The van der Waals surface area contributed by atoms with Crippen LogP contribution in [0.1, 0.15) is 27.2 Å². The van der Waals surface area contributed by atoms with E-state index in [1.54, 1.807) is 11.8 Å². The lowest BCUT2D eigenvalue weighted by Gasteiger charge is -2.17. The molecule has 3 N–H and O–H groups in total. The maximum absolute atomic E-state index is 11.5. The molecule has 0 aromatic carbocycles. The fourth-order valence-corrected chi connectivity index (χ4v) is 1.84. The van der Waals surface area contributed by atoms with Gasteiger partial charge in [-0.15, -0.1) is 0 Å². The number of carbonyl (C=O) groups excluding carboxylic acids is 1. The van der Waals surface area contributed by atoms with Crippen molar-refractivity contribution in [3.05, 3.63) is 0 Å². The van der Waals surface area contributed by atoms with Crippen LogP contribution in [0.4, 0.5) is 0 Å². The first-order valence-corrected chi connectivity index (χ1v) is 6.41. The minimum atomic E-state index is -0.362. The Hall–Kier alpha value is -0.220. The highest BCUT2D eigenvalue weighted by Gasteiger charge is 2.16. The molecule has 4 heteroatoms. The first-order chi connectivity index (χ1) is 6.47. The average Bonchev–Trinajstić information content (AvgIpc) is 2.02. The van der Waals surface area contributed by atoms with Crippen molar-refractivity contribution in [3.8, 4) is 0 Å². The first kappa shape index (κ1) is 13.8. The van der Waals surface area contributed by atoms with Gasteiger partial charge in [0.15, 0.2) is 0 Å². The summed E-state index contributed by atoms with van der Waals surface area (Å²) in [6, 6.07) is -0.157. The number of carbonyl (C=O) groups is 1. The fraction of sp³-hybridized carbons (Fsp3) is 0.900. The number of nitrogens with one attached hydrogen (secondary N) is 1. The van der Waals surface area contributed by atoms with Crippen LogP contribution in [0.3, 0.4) is 0 Å². The quantitative estimate of drug-likeness (QED) is 0.705. The van der Waals surface area contributed by atoms with Crippen LogP contribution >= 0.6 is 11.8 Å². The molecular formula is C10H22N2OS. The van der Waals surface area contributed by atoms with E-state index >= 15 is 0 Å². The maximum Gasteiger partial charge on any atom is 0.237 e. The van der Waals surface area contributed by atoms with E-state index in [1.807, 2.05) is 13.2 Å². The summed E-state index contributed by atoms with van der Waals surface area (Å²) >= 11 is 1.72. The van der Waals surface area contributed by atoms with Gasteiger partial charge in [0.25, 0.3) is 0 Å². The average molecular weight is 218 g/mol. The first-order valence-electron chi connectivity index (χ1n) is 5.02. The van der Waals surface area contributed by atoms with Crippen molar-refractivity contribution in [3.63, 3.8) is 0 Å². The van der Waals surface area contributed by atoms with Crippen molar-refractivity contribution in [2.24, 2.45) is 11.7 Å². The van der Waals surface area contributed by atoms with Crippen LogP contribution in [0, 0.1) is 5.92 Å². The van der Waals surface area contributed by atoms with Crippen molar-refractivity contribution in [2.45, 2.75) is 39.3 Å². The molecule has 0 radical (unpaired) electrons. The Morgan fingerprint density at radius 2 is 2.00 bits per heavy atom. The Kier molecular flexibility index (Phi) is 7.01. The predicted molar refractivity (Wildman–Crippen MR) is 63.4 cm³/mol. The van der Waals surface area contributed by atoms with Crippen LogP contribution in [0.15, 0.2) is 0 Å². The normalized spacial score (nSPS) is 15.3. The Bertz CT molecular complexity index is 174. The largest absolute Gasteiger partial charge is 0.351 e. The summed E-state index contributed by atoms with van der Waals surface area (Å²) in [5, 5.41) is 2.90. The van der Waals surface area contributed by atoms with Crippen molar-refractivity contribution in [2.75, 3.05) is 12.0 Å². The van der Waals surface area contributed by atoms with Gasteiger partial charge < -0.3 is 11.1 Å². The van der Waals surface area contributed by atoms with Gasteiger partial charge in [-0.25, -0.2) is 0 Å². The molecule has 0 saturated carbocycles. The van der Waals surface area contributed by atoms with Crippen LogP contribution < -0.4 is 11.1 Å². The van der Waals surface area contributed by atoms with E-state index in [0.717, 1.165) is 12.2 Å². The van der Waals surface area contributed by atoms with Crippen molar-refractivity contribution in [1.29, 1.82) is 0 Å². The molecule has 84 valence electrons. The summed E-state index contributed by atoms with van der Waals surface area (Å²) in [5.41, 5.74) is 5.74. The van der Waals surface area contributed by atoms with Crippen LogP contribution in [-0.4, -0.2) is 30.0 Å². The second kappa shape index (κ2) is 7.12. The molecule has 2 atom stereocenters. The van der Waals surface area contributed by atoms with E-state index in [9.17, 15) is 4.79 Å². The Balaban J connectivity index is 3.82. The molecule has 0 spiro atoms. The monoisotopic (exact) mass is 218 g/mol. The van der Waals surface area contributed by atoms with Gasteiger partial charge in [-0.2, -0.15) is 11.8 Å². The smallest absolute Gasteiger partial charge is 0.237 e. The molecule has 3 nitrogen and oxygen atoms in total. The summed E-state index contributed by atoms with van der Waals surface area (Å²) in [4.78, 5) is 11.5. The molecule has 0 aromatic rings. The molecule has 0 fully saturated rings. The molecule has 0 aliphatic heterocycles. The Morgan fingerprint density at radius 3 is 2.43 bits per heavy atom. The van der Waals surface area contributed by atoms with E-state index in [4.69, 9.17) is 5.73 Å². The van der Waals surface area contributed by atoms with Gasteiger partial charge in [-0.05, 0) is 25.5 Å². The number of nitrogens with two attached hydrogens (primary N) is 1. The second-order valence-corrected chi connectivity index (χ2v) is 5.01. The van der Waals surface area contributed by atoms with Crippen LogP contribution in [0.2, 0.25) is 0 Å². The zero-order valence-electron chi connectivity index (χ0n) is 9.54. The van der Waals surface area contributed by atoms with Crippen LogP contribution in [0.25, 0.3) is 0 Å². The Morgan fingerprint density at radius 1 is 1.43 bits per heavy atom. The molecule has 0 saturated heterocycles. The van der Waals surface area contributed by atoms with Gasteiger partial charge in [-0.1, -0.05) is 13.8 Å². The molecule has 0 aliphatic carbocycles. The lowest BCUT2D eigenvalue weighted by atomic mass is 10.0. The predicted octanol–water partition coefficient (Wildman–Crippen LogP) is 1.23. The minimum absolute atomic E-state index is 0.0275. The zero-order valence-corrected chi connectivity index (χ0v) is 10.4. The van der Waals surface area contributed by atoms with Crippen LogP contribution in [0.5, 0.6) is 0 Å². The lowest BCUT2D eigenvalue weighted by molar-refractivity contribution is -0.123. The summed E-state index contributed by atoms with van der Waals surface area (Å²) in [6.45, 7) is 6.13. The third kappa shape index (κ3) is 6.27. The van der Waals surface area contributed by atoms with Gasteiger partial charge in [-0.3, -0.25) is 4.79 Å². The summed E-state index contributed by atoms with van der Waals surface area (Å²) in [7, 11) is 0. The number of hydrogen-bond acceptors (Lipinski definition) is 3. The molecular weight excluding hydrogens is 196 g/mol. The third-order valence-corrected chi connectivity index (χ3v) is 2.70. The molecule has 14 heavy (non-hydrogen) atoms. The highest BCUT2D eigenvalue weighted by atomic mass is 32.2. The summed E-state index contributed by atoms with van der Waals surface area (Å²) in [6.07, 6.45) is 2.77. The standard InChI is InChI=1S/C10H22N2OS/c1-7(2)5-9(11)10(13)12-8(3)6-14-4/h7-9H,5-6,11H2,1-4H3,(H,12,13)/t8?,9-/m1/s1. The van der Waals surface area contributed by atoms with Crippen molar-refractivity contribution >= 4 is 17.7 Å². The van der Waals surface area contributed by atoms with Gasteiger partial charge in [0.05, 0.1) is 6.04 Å². The maximum atomic E-state index is 11.5. The van der Waals surface area contributed by atoms with Gasteiger partial charge in [0.2, 0.25) is 5.91 Å². The summed E-state index contributed by atoms with van der Waals surface area (Å²) in [5.74, 6) is 1.37. The fourth-order valence-electron chi connectivity index (χ4n) is 1.26. The molecule has 0 rings (SSSR count). The molecule has 1 amide bonds. The van der Waals surface area contributed by atoms with Gasteiger partial charge in [0, 0.05) is 11.8 Å². The number of thioether (sulfide) groups is 1. The zero-order chi connectivity index (χ0) is 11.1. The van der Waals surface area contributed by atoms with Crippen molar-refractivity contribution in [1.82, 2.24) is 5.32 Å². The molecule has 0 bridgehead atoms. The SMILES string of the molecule is CSCC(C)NC(=O)[C@H](N)CC(C)C. The topological polar surface area (TPSA) is 55.1 Å². The number of rotatable bonds is 6. The molecule has 0 aliphatic rings. The minimum Gasteiger partial charge on any atom is -0.351 e. The van der Waals surface area contributed by atoms with Gasteiger partial charge in [0.1, 0.15) is 0 Å².